The molecule has 0 radical (unpaired) electrons. The molecule has 0 unspecified atom stereocenters. The molecule has 0 atom stereocenters. The maximum atomic E-state index is 10.4. The standard InChI is InChI=1S/C26H25Cl2NO2S.C6H10O2S/c1-26(2,30)21-12-4-3-9-18(21)10-5-7-17-8-6-11-20(15-17)31-16-19-13-14-22-24(29-19)23(27)25(28)32-22;7-5(8)3-6(4-9)1-2-6/h3-4,6,8-9,11-15,30H,5,7,10,16H2,1-2H3;9H,1-4H2,(H,7,8). The highest BCUT2D eigenvalue weighted by molar-refractivity contribution is 7.80. The third-order valence-corrected chi connectivity index (χ3v) is 9.79. The van der Waals surface area contributed by atoms with Crippen LogP contribution in [0.1, 0.15) is 61.9 Å². The molecule has 2 heterocycles. The summed E-state index contributed by atoms with van der Waals surface area (Å²) >= 11 is 17.9. The van der Waals surface area contributed by atoms with Gasteiger partial charge in [-0.2, -0.15) is 12.6 Å². The van der Waals surface area contributed by atoms with Crippen LogP contribution in [0, 0.1) is 5.41 Å². The fraction of sp³-hybridized carbons (Fsp3) is 0.375. The van der Waals surface area contributed by atoms with Gasteiger partial charge in [-0.15, -0.1) is 11.3 Å². The number of nitrogens with zero attached hydrogens (tertiary/aromatic N) is 1. The van der Waals surface area contributed by atoms with Crippen LogP contribution in [-0.2, 0) is 29.8 Å². The van der Waals surface area contributed by atoms with E-state index >= 15 is 0 Å². The van der Waals surface area contributed by atoms with Crippen molar-refractivity contribution in [2.24, 2.45) is 5.41 Å². The molecule has 2 N–H and O–H groups in total. The van der Waals surface area contributed by atoms with Crippen LogP contribution in [-0.4, -0.2) is 26.9 Å². The van der Waals surface area contributed by atoms with Gasteiger partial charge < -0.3 is 14.9 Å². The van der Waals surface area contributed by atoms with Crippen LogP contribution < -0.4 is 4.74 Å². The van der Waals surface area contributed by atoms with Crippen LogP contribution in [0.3, 0.4) is 0 Å². The van der Waals surface area contributed by atoms with Gasteiger partial charge in [0.2, 0.25) is 0 Å². The largest absolute Gasteiger partial charge is 0.487 e. The number of hydrogen-bond donors (Lipinski definition) is 3. The number of hydrogen-bond acceptors (Lipinski definition) is 6. The van der Waals surface area contributed by atoms with Gasteiger partial charge in [0.15, 0.2) is 0 Å². The number of aliphatic hydroxyl groups is 1. The van der Waals surface area contributed by atoms with E-state index in [2.05, 4.69) is 35.8 Å². The van der Waals surface area contributed by atoms with Crippen molar-refractivity contribution in [3.8, 4) is 5.75 Å². The number of thiol groups is 1. The summed E-state index contributed by atoms with van der Waals surface area (Å²) in [5, 5.41) is 19.3. The Morgan fingerprint density at radius 2 is 1.85 bits per heavy atom. The lowest BCUT2D eigenvalue weighted by atomic mass is 9.90. The van der Waals surface area contributed by atoms with Crippen molar-refractivity contribution in [1.82, 2.24) is 4.98 Å². The van der Waals surface area contributed by atoms with E-state index in [0.29, 0.717) is 22.4 Å². The van der Waals surface area contributed by atoms with Gasteiger partial charge >= 0.3 is 5.97 Å². The lowest BCUT2D eigenvalue weighted by molar-refractivity contribution is -0.138. The molecular formula is C32H35Cl2NO4S2. The number of halogens is 2. The van der Waals surface area contributed by atoms with E-state index in [4.69, 9.17) is 33.0 Å². The second-order valence-electron chi connectivity index (χ2n) is 11.1. The number of aromatic nitrogens is 1. The molecule has 0 spiro atoms. The molecule has 1 aliphatic rings. The third-order valence-electron chi connectivity index (χ3n) is 7.19. The van der Waals surface area contributed by atoms with Crippen molar-refractivity contribution in [2.45, 2.75) is 64.6 Å². The molecule has 2 aromatic heterocycles. The Morgan fingerprint density at radius 3 is 2.51 bits per heavy atom. The van der Waals surface area contributed by atoms with E-state index in [1.807, 2.05) is 56.3 Å². The summed E-state index contributed by atoms with van der Waals surface area (Å²) in [6, 6.07) is 20.2. The molecular weight excluding hydrogens is 597 g/mol. The van der Waals surface area contributed by atoms with E-state index < -0.39 is 11.6 Å². The van der Waals surface area contributed by atoms with Crippen molar-refractivity contribution < 1.29 is 19.7 Å². The number of thiophene rings is 1. The molecule has 41 heavy (non-hydrogen) atoms. The molecule has 0 bridgehead atoms. The van der Waals surface area contributed by atoms with Crippen molar-refractivity contribution in [1.29, 1.82) is 0 Å². The van der Waals surface area contributed by atoms with Gasteiger partial charge in [0.1, 0.15) is 22.2 Å². The van der Waals surface area contributed by atoms with E-state index in [9.17, 15) is 9.90 Å². The first-order valence-electron chi connectivity index (χ1n) is 13.6. The van der Waals surface area contributed by atoms with E-state index in [0.717, 1.165) is 65.1 Å². The molecule has 2 aromatic carbocycles. The van der Waals surface area contributed by atoms with Crippen LogP contribution in [0.2, 0.25) is 9.36 Å². The summed E-state index contributed by atoms with van der Waals surface area (Å²) < 4.78 is 7.52. The highest BCUT2D eigenvalue weighted by atomic mass is 35.5. The first kappa shape index (κ1) is 31.6. The van der Waals surface area contributed by atoms with Gasteiger partial charge in [-0.05, 0) is 98.1 Å². The predicted molar refractivity (Wildman–Crippen MR) is 172 cm³/mol. The molecule has 1 fully saturated rings. The number of carboxylic acids is 1. The van der Waals surface area contributed by atoms with Crippen molar-refractivity contribution in [3.63, 3.8) is 0 Å². The highest BCUT2D eigenvalue weighted by Gasteiger charge is 2.42. The second kappa shape index (κ2) is 13.8. The monoisotopic (exact) mass is 631 g/mol. The normalized spacial score (nSPS) is 13.9. The predicted octanol–water partition coefficient (Wildman–Crippen LogP) is 8.76. The van der Waals surface area contributed by atoms with Gasteiger partial charge in [-0.3, -0.25) is 4.79 Å². The van der Waals surface area contributed by atoms with Gasteiger partial charge in [0, 0.05) is 0 Å². The maximum absolute atomic E-state index is 10.4. The Balaban J connectivity index is 0.000000367. The number of pyridine rings is 1. The van der Waals surface area contributed by atoms with Gasteiger partial charge in [-0.25, -0.2) is 4.98 Å². The Kier molecular flexibility index (Phi) is 10.6. The number of aryl methyl sites for hydroxylation is 2. The summed E-state index contributed by atoms with van der Waals surface area (Å²) in [7, 11) is 0. The Morgan fingerprint density at radius 1 is 1.10 bits per heavy atom. The molecule has 0 amide bonds. The molecule has 9 heteroatoms. The first-order chi connectivity index (χ1) is 19.5. The minimum absolute atomic E-state index is 0.0783. The minimum atomic E-state index is -0.833. The Bertz CT molecular complexity index is 1490. The number of carboxylic acid groups (broad SMARTS) is 1. The fourth-order valence-corrected chi connectivity index (χ4v) is 6.54. The van der Waals surface area contributed by atoms with Gasteiger partial charge in [0.25, 0.3) is 0 Å². The van der Waals surface area contributed by atoms with Crippen LogP contribution in [0.5, 0.6) is 5.75 Å². The van der Waals surface area contributed by atoms with Crippen molar-refractivity contribution >= 4 is 63.4 Å². The average molecular weight is 633 g/mol. The second-order valence-corrected chi connectivity index (χ2v) is 13.4. The summed E-state index contributed by atoms with van der Waals surface area (Å²) in [6.07, 6.45) is 5.23. The van der Waals surface area contributed by atoms with E-state index in [-0.39, 0.29) is 5.41 Å². The maximum Gasteiger partial charge on any atom is 0.303 e. The van der Waals surface area contributed by atoms with Crippen LogP contribution >= 0.6 is 47.2 Å². The fourth-order valence-electron chi connectivity index (χ4n) is 4.70. The minimum Gasteiger partial charge on any atom is -0.487 e. The van der Waals surface area contributed by atoms with Crippen molar-refractivity contribution in [2.75, 3.05) is 5.75 Å². The number of aliphatic carboxylic acids is 1. The Labute approximate surface area is 260 Å². The zero-order valence-electron chi connectivity index (χ0n) is 23.2. The number of rotatable bonds is 11. The van der Waals surface area contributed by atoms with Gasteiger partial charge in [-0.1, -0.05) is 59.6 Å². The SMILES string of the molecule is CC(C)(O)c1ccccc1CCCc1cccc(OCc2ccc3sc(Cl)c(Cl)c3n2)c1.O=C(O)CC1(CS)CC1. The molecule has 4 aromatic rings. The number of carbonyl (C=O) groups is 1. The summed E-state index contributed by atoms with van der Waals surface area (Å²) in [5.41, 5.74) is 4.19. The summed E-state index contributed by atoms with van der Waals surface area (Å²) in [4.78, 5) is 14.8. The molecule has 1 saturated carbocycles. The average Bonchev–Trinajstić information content (AvgIpc) is 3.65. The first-order valence-corrected chi connectivity index (χ1v) is 15.8. The molecule has 5 rings (SSSR count). The van der Waals surface area contributed by atoms with Crippen molar-refractivity contribution in [3.05, 3.63) is 92.4 Å². The Hall–Kier alpha value is -2.29. The smallest absolute Gasteiger partial charge is 0.303 e. The molecule has 5 nitrogen and oxygen atoms in total. The van der Waals surface area contributed by atoms with Crippen LogP contribution in [0.15, 0.2) is 60.7 Å². The number of fused-ring (bicyclic) bond motifs is 1. The topological polar surface area (TPSA) is 79.7 Å². The highest BCUT2D eigenvalue weighted by Crippen LogP contribution is 2.49. The van der Waals surface area contributed by atoms with E-state index in [1.165, 1.54) is 22.5 Å². The quantitative estimate of drug-likeness (QED) is 0.144. The van der Waals surface area contributed by atoms with Crippen LogP contribution in [0.4, 0.5) is 0 Å². The van der Waals surface area contributed by atoms with E-state index in [1.54, 1.807) is 0 Å². The molecule has 1 aliphatic carbocycles. The molecule has 0 saturated heterocycles. The summed E-state index contributed by atoms with van der Waals surface area (Å²) in [6.45, 7) is 4.03. The molecule has 218 valence electrons. The van der Waals surface area contributed by atoms with Crippen LogP contribution in [0.25, 0.3) is 10.2 Å². The third kappa shape index (κ3) is 8.85. The lowest BCUT2D eigenvalue weighted by Crippen LogP contribution is -2.18. The zero-order valence-corrected chi connectivity index (χ0v) is 26.4. The lowest BCUT2D eigenvalue weighted by Gasteiger charge is -2.21. The summed E-state index contributed by atoms with van der Waals surface area (Å²) in [5.74, 6) is 0.844. The molecule has 0 aliphatic heterocycles. The zero-order chi connectivity index (χ0) is 29.6. The van der Waals surface area contributed by atoms with Gasteiger partial charge in [0.05, 0.1) is 27.4 Å². The number of ether oxygens (including phenoxy) is 1. The number of benzene rings is 2.